The Balaban J connectivity index is 1.64. The fraction of sp³-hybridized carbons (Fsp3) is 0.136. The second kappa shape index (κ2) is 9.20. The van der Waals surface area contributed by atoms with E-state index in [1.54, 1.807) is 6.07 Å². The summed E-state index contributed by atoms with van der Waals surface area (Å²) in [5, 5.41) is 12.1. The molecule has 12 heteroatoms. The third-order valence-electron chi connectivity index (χ3n) is 5.23. The van der Waals surface area contributed by atoms with E-state index in [1.807, 2.05) is 30.3 Å². The van der Waals surface area contributed by atoms with Crippen LogP contribution in [-0.4, -0.2) is 57.8 Å². The van der Waals surface area contributed by atoms with Gasteiger partial charge in [0.1, 0.15) is 6.54 Å². The number of aliphatic hydroxyl groups excluding tert-OH is 1. The van der Waals surface area contributed by atoms with Gasteiger partial charge in [-0.05, 0) is 36.0 Å². The second-order valence-corrected chi connectivity index (χ2v) is 10.5. The van der Waals surface area contributed by atoms with Gasteiger partial charge in [-0.15, -0.1) is 6.58 Å². The molecule has 2 N–H and O–H groups in total. The van der Waals surface area contributed by atoms with Crippen LogP contribution in [0.1, 0.15) is 11.1 Å². The molecule has 0 saturated carbocycles. The van der Waals surface area contributed by atoms with Crippen molar-refractivity contribution in [1.82, 2.24) is 19.6 Å². The molecule has 0 unspecified atom stereocenters. The van der Waals surface area contributed by atoms with Crippen LogP contribution in [0, 0.1) is 0 Å². The summed E-state index contributed by atoms with van der Waals surface area (Å²) in [6, 6.07) is 13.5. The number of carbonyl (C=O) groups is 2. The first-order chi connectivity index (χ1) is 16.1. The lowest BCUT2D eigenvalue weighted by molar-refractivity contribution is -0.126. The van der Waals surface area contributed by atoms with Crippen molar-refractivity contribution < 1.29 is 23.1 Å². The fourth-order valence-electron chi connectivity index (χ4n) is 3.64. The normalized spacial score (nSPS) is 17.1. The quantitative estimate of drug-likeness (QED) is 0.411. The molecule has 2 amide bonds. The van der Waals surface area contributed by atoms with E-state index in [0.717, 1.165) is 14.9 Å². The zero-order chi connectivity index (χ0) is 24.6. The number of sulfonamides is 1. The molecule has 176 valence electrons. The second-order valence-electron chi connectivity index (χ2n) is 7.44. The average molecular weight is 563 g/mol. The number of hydrogen-bond donors (Lipinski definition) is 2. The Labute approximate surface area is 210 Å². The lowest BCUT2D eigenvalue weighted by atomic mass is 10.1. The molecular weight excluding hydrogens is 544 g/mol. The number of nitrogens with zero attached hydrogens (tertiary/aromatic N) is 3. The number of halogens is 1. The van der Waals surface area contributed by atoms with Crippen molar-refractivity contribution in [2.75, 3.05) is 13.1 Å². The summed E-state index contributed by atoms with van der Waals surface area (Å²) in [7, 11) is -4.18. The minimum atomic E-state index is -4.18. The van der Waals surface area contributed by atoms with Gasteiger partial charge in [-0.25, -0.2) is 8.42 Å². The van der Waals surface area contributed by atoms with E-state index in [2.05, 4.69) is 27.9 Å². The van der Waals surface area contributed by atoms with Gasteiger partial charge in [-0.3, -0.25) is 29.2 Å². The van der Waals surface area contributed by atoms with Crippen LogP contribution in [0.2, 0.25) is 0 Å². The number of hydrazine groups is 1. The molecular formula is C22H19BrN4O5S2. The van der Waals surface area contributed by atoms with Crippen LogP contribution in [0.25, 0.3) is 5.76 Å². The molecule has 4 rings (SSSR count). The molecule has 2 aliphatic rings. The lowest BCUT2D eigenvalue weighted by Gasteiger charge is -2.32. The van der Waals surface area contributed by atoms with Crippen molar-refractivity contribution in [1.29, 1.82) is 0 Å². The number of aliphatic hydroxyl groups is 1. The van der Waals surface area contributed by atoms with Crippen molar-refractivity contribution in [3.8, 4) is 0 Å². The van der Waals surface area contributed by atoms with E-state index in [4.69, 9.17) is 12.2 Å². The summed E-state index contributed by atoms with van der Waals surface area (Å²) in [4.78, 5) is 27.0. The number of thiocarbonyl (C=S) groups is 1. The summed E-state index contributed by atoms with van der Waals surface area (Å²) in [5.41, 5.74) is 2.81. The van der Waals surface area contributed by atoms with E-state index in [0.29, 0.717) is 4.47 Å². The third-order valence-corrected chi connectivity index (χ3v) is 7.97. The Kier molecular flexibility index (Phi) is 6.47. The van der Waals surface area contributed by atoms with Crippen molar-refractivity contribution >= 4 is 60.9 Å². The molecule has 0 aliphatic carbocycles. The predicted octanol–water partition coefficient (Wildman–Crippen LogP) is 2.53. The maximum absolute atomic E-state index is 13.2. The van der Waals surface area contributed by atoms with Crippen LogP contribution in [0.5, 0.6) is 0 Å². The highest BCUT2D eigenvalue weighted by molar-refractivity contribution is 9.10. The topological polar surface area (TPSA) is 110 Å². The minimum absolute atomic E-state index is 0.0144. The summed E-state index contributed by atoms with van der Waals surface area (Å²) in [5.74, 6) is -1.79. The van der Waals surface area contributed by atoms with Crippen molar-refractivity contribution in [2.24, 2.45) is 0 Å². The molecule has 1 fully saturated rings. The van der Waals surface area contributed by atoms with Gasteiger partial charge in [0.2, 0.25) is 0 Å². The molecule has 2 aliphatic heterocycles. The van der Waals surface area contributed by atoms with E-state index >= 15 is 0 Å². The molecule has 2 aromatic carbocycles. The van der Waals surface area contributed by atoms with Gasteiger partial charge < -0.3 is 5.11 Å². The Morgan fingerprint density at radius 1 is 1.24 bits per heavy atom. The number of benzene rings is 2. The van der Waals surface area contributed by atoms with E-state index in [-0.39, 0.29) is 41.1 Å². The van der Waals surface area contributed by atoms with Gasteiger partial charge in [0.15, 0.2) is 16.6 Å². The SMILES string of the molecule is C=CCN1C(C(=O)NN2CC(=O)N(Cc3ccccc3)C2=S)=C(O)c2ccc(Br)cc2S1(=O)=O. The maximum atomic E-state index is 13.2. The van der Waals surface area contributed by atoms with Crippen molar-refractivity contribution in [2.45, 2.75) is 11.4 Å². The van der Waals surface area contributed by atoms with Crippen molar-refractivity contribution in [3.63, 3.8) is 0 Å². The van der Waals surface area contributed by atoms with Gasteiger partial charge in [-0.2, -0.15) is 0 Å². The van der Waals surface area contributed by atoms with E-state index in [9.17, 15) is 23.1 Å². The molecule has 0 bridgehead atoms. The smallest absolute Gasteiger partial charge is 0.291 e. The standard InChI is InChI=1S/C22H19BrN4O5S2/c1-2-10-27-19(20(29)16-9-8-15(23)11-17(16)34(27,31)32)21(30)24-26-13-18(28)25(22(26)33)12-14-6-4-3-5-7-14/h2-9,11,29H,1,10,12-13H2,(H,24,30). The fourth-order valence-corrected chi connectivity index (χ4v) is 6.10. The van der Waals surface area contributed by atoms with Crippen LogP contribution >= 0.6 is 28.1 Å². The Bertz CT molecular complexity index is 1340. The van der Waals surface area contributed by atoms with Crippen LogP contribution < -0.4 is 5.43 Å². The van der Waals surface area contributed by atoms with Crippen LogP contribution in [-0.2, 0) is 26.2 Å². The summed E-state index contributed by atoms with van der Waals surface area (Å²) in [6.45, 7) is 3.28. The highest BCUT2D eigenvalue weighted by Gasteiger charge is 2.41. The number of rotatable bonds is 6. The van der Waals surface area contributed by atoms with Gasteiger partial charge in [0.05, 0.1) is 18.0 Å². The van der Waals surface area contributed by atoms with Crippen LogP contribution in [0.15, 0.2) is 76.3 Å². The van der Waals surface area contributed by atoms with Gasteiger partial charge in [0.25, 0.3) is 21.8 Å². The van der Waals surface area contributed by atoms with Gasteiger partial charge >= 0.3 is 0 Å². The highest BCUT2D eigenvalue weighted by Crippen LogP contribution is 2.37. The highest BCUT2D eigenvalue weighted by atomic mass is 79.9. The number of fused-ring (bicyclic) bond motifs is 1. The molecule has 0 atom stereocenters. The molecule has 1 saturated heterocycles. The molecule has 0 spiro atoms. The average Bonchev–Trinajstić information content (AvgIpc) is 3.05. The molecule has 0 aromatic heterocycles. The molecule has 34 heavy (non-hydrogen) atoms. The summed E-state index contributed by atoms with van der Waals surface area (Å²) < 4.78 is 27.8. The van der Waals surface area contributed by atoms with Gasteiger partial charge in [-0.1, -0.05) is 52.3 Å². The lowest BCUT2D eigenvalue weighted by Crippen LogP contribution is -2.49. The Hall–Kier alpha value is -3.22. The minimum Gasteiger partial charge on any atom is -0.505 e. The molecule has 2 aromatic rings. The first-order valence-electron chi connectivity index (χ1n) is 9.98. The first kappa shape index (κ1) is 23.9. The zero-order valence-corrected chi connectivity index (χ0v) is 20.9. The predicted molar refractivity (Wildman–Crippen MR) is 132 cm³/mol. The van der Waals surface area contributed by atoms with Gasteiger partial charge in [0, 0.05) is 10.0 Å². The summed E-state index contributed by atoms with van der Waals surface area (Å²) >= 11 is 8.60. The Morgan fingerprint density at radius 2 is 1.94 bits per heavy atom. The van der Waals surface area contributed by atoms with E-state index in [1.165, 1.54) is 23.1 Å². The number of hydrogen-bond acceptors (Lipinski definition) is 6. The molecule has 0 radical (unpaired) electrons. The molecule has 9 nitrogen and oxygen atoms in total. The monoisotopic (exact) mass is 562 g/mol. The maximum Gasteiger partial charge on any atom is 0.291 e. The molecule has 2 heterocycles. The van der Waals surface area contributed by atoms with Crippen molar-refractivity contribution in [3.05, 3.63) is 82.5 Å². The van der Waals surface area contributed by atoms with E-state index < -0.39 is 27.4 Å². The summed E-state index contributed by atoms with van der Waals surface area (Å²) in [6.07, 6.45) is 1.30. The largest absolute Gasteiger partial charge is 0.505 e. The zero-order valence-electron chi connectivity index (χ0n) is 17.6. The van der Waals surface area contributed by atoms with Crippen LogP contribution in [0.3, 0.4) is 0 Å². The number of nitrogens with one attached hydrogen (secondary N) is 1. The first-order valence-corrected chi connectivity index (χ1v) is 12.6. The third kappa shape index (κ3) is 4.19. The number of carbonyl (C=O) groups excluding carboxylic acids is 2. The number of amides is 2. The van der Waals surface area contributed by atoms with Crippen LogP contribution in [0.4, 0.5) is 0 Å². The Morgan fingerprint density at radius 3 is 2.62 bits per heavy atom.